The van der Waals surface area contributed by atoms with Gasteiger partial charge < -0.3 is 24.4 Å². The Morgan fingerprint density at radius 3 is 2.84 bits per heavy atom. The van der Waals surface area contributed by atoms with Crippen LogP contribution < -0.4 is 5.32 Å². The van der Waals surface area contributed by atoms with Gasteiger partial charge in [-0.3, -0.25) is 0 Å². The molecule has 38 heavy (non-hydrogen) atoms. The van der Waals surface area contributed by atoms with Gasteiger partial charge in [0.1, 0.15) is 5.76 Å². The van der Waals surface area contributed by atoms with Crippen LogP contribution in [0.4, 0.5) is 10.3 Å². The molecule has 7 nitrogen and oxygen atoms in total. The first-order valence-corrected chi connectivity index (χ1v) is 13.4. The largest absolute Gasteiger partial charge is 0.497 e. The van der Waals surface area contributed by atoms with Crippen LogP contribution >= 0.6 is 0 Å². The number of hydrogen-bond donors (Lipinski definition) is 1. The maximum absolute atomic E-state index is 13.5. The maximum Gasteiger partial charge on any atom is 0.227 e. The zero-order valence-corrected chi connectivity index (χ0v) is 22.3. The third-order valence-electron chi connectivity index (χ3n) is 6.90. The van der Waals surface area contributed by atoms with E-state index in [4.69, 9.17) is 14.2 Å². The van der Waals surface area contributed by atoms with Gasteiger partial charge in [-0.05, 0) is 63.6 Å². The molecule has 1 aliphatic carbocycles. The maximum atomic E-state index is 13.5. The van der Waals surface area contributed by atoms with Gasteiger partial charge in [0.15, 0.2) is 0 Å². The molecule has 1 unspecified atom stereocenters. The molecule has 1 aromatic heterocycles. The Morgan fingerprint density at radius 2 is 2.05 bits per heavy atom. The van der Waals surface area contributed by atoms with Gasteiger partial charge in [0.25, 0.3) is 0 Å². The van der Waals surface area contributed by atoms with Crippen molar-refractivity contribution in [2.45, 2.75) is 32.6 Å². The summed E-state index contributed by atoms with van der Waals surface area (Å²) in [5, 5.41) is 3.36. The third kappa shape index (κ3) is 7.96. The van der Waals surface area contributed by atoms with E-state index >= 15 is 0 Å². The van der Waals surface area contributed by atoms with E-state index in [0.717, 1.165) is 24.4 Å². The Labute approximate surface area is 227 Å². The lowest BCUT2D eigenvalue weighted by molar-refractivity contribution is 0.0404. The van der Waals surface area contributed by atoms with E-state index in [1.54, 1.807) is 24.4 Å². The Bertz CT molecular complexity index is 1110. The molecule has 1 aromatic rings. The molecule has 1 saturated heterocycles. The summed E-state index contributed by atoms with van der Waals surface area (Å²) in [5.41, 5.74) is 2.34. The number of halogens is 1. The Hall–Kier alpha value is -3.07. The number of rotatable bonds is 6. The van der Waals surface area contributed by atoms with E-state index < -0.39 is 0 Å². The summed E-state index contributed by atoms with van der Waals surface area (Å²) in [6, 6.07) is 1.78. The fourth-order valence-electron chi connectivity index (χ4n) is 4.85. The smallest absolute Gasteiger partial charge is 0.227 e. The average molecular weight is 525 g/mol. The monoisotopic (exact) mass is 524 g/mol. The van der Waals surface area contributed by atoms with Crippen LogP contribution in [0.2, 0.25) is 0 Å². The van der Waals surface area contributed by atoms with Crippen LogP contribution in [-0.4, -0.2) is 67.5 Å². The number of allylic oxidation sites excluding steroid dienone is 5. The summed E-state index contributed by atoms with van der Waals surface area (Å²) < 4.78 is 31.5. The van der Waals surface area contributed by atoms with Crippen molar-refractivity contribution in [2.75, 3.05) is 58.0 Å². The number of nitrogens with zero attached hydrogens (tertiary/aromatic N) is 3. The zero-order valence-electron chi connectivity index (χ0n) is 22.3. The normalized spacial score (nSPS) is 26.7. The van der Waals surface area contributed by atoms with Crippen LogP contribution in [0.5, 0.6) is 0 Å². The van der Waals surface area contributed by atoms with Crippen LogP contribution in [0.1, 0.15) is 39.7 Å². The van der Waals surface area contributed by atoms with Gasteiger partial charge in [0.05, 0.1) is 50.5 Å². The lowest BCUT2D eigenvalue weighted by Gasteiger charge is -2.35. The molecule has 1 atom stereocenters. The van der Waals surface area contributed by atoms with Crippen molar-refractivity contribution in [3.05, 3.63) is 84.4 Å². The lowest BCUT2D eigenvalue weighted by Crippen LogP contribution is -2.32. The molecule has 0 aromatic carbocycles. The summed E-state index contributed by atoms with van der Waals surface area (Å²) in [7, 11) is 0. The number of anilines is 1. The van der Waals surface area contributed by atoms with Gasteiger partial charge in [0, 0.05) is 37.4 Å². The highest BCUT2D eigenvalue weighted by Gasteiger charge is 2.35. The van der Waals surface area contributed by atoms with Crippen molar-refractivity contribution in [3.63, 3.8) is 0 Å². The summed E-state index contributed by atoms with van der Waals surface area (Å²) in [4.78, 5) is 11.6. The second-order valence-corrected chi connectivity index (χ2v) is 10.1. The van der Waals surface area contributed by atoms with Gasteiger partial charge in [-0.2, -0.15) is 0 Å². The van der Waals surface area contributed by atoms with Crippen molar-refractivity contribution in [1.82, 2.24) is 14.9 Å². The molecule has 0 spiro atoms. The number of aromatic nitrogens is 2. The van der Waals surface area contributed by atoms with Crippen LogP contribution in [0.3, 0.4) is 0 Å². The topological polar surface area (TPSA) is 68.7 Å². The predicted molar refractivity (Wildman–Crippen MR) is 151 cm³/mol. The predicted octanol–water partition coefficient (Wildman–Crippen LogP) is 5.84. The average Bonchev–Trinajstić information content (AvgIpc) is 3.44. The second-order valence-electron chi connectivity index (χ2n) is 10.1. The van der Waals surface area contributed by atoms with Crippen LogP contribution in [-0.2, 0) is 14.2 Å². The number of nitrogens with one attached hydrogen (secondary N) is 1. The van der Waals surface area contributed by atoms with Gasteiger partial charge >= 0.3 is 0 Å². The molecule has 0 saturated carbocycles. The molecule has 4 bridgehead atoms. The van der Waals surface area contributed by atoms with Crippen LogP contribution in [0, 0.1) is 5.41 Å². The zero-order chi connectivity index (χ0) is 26.6. The molecule has 3 aliphatic rings. The van der Waals surface area contributed by atoms with E-state index in [2.05, 4.69) is 33.7 Å². The summed E-state index contributed by atoms with van der Waals surface area (Å²) in [6.45, 7) is 11.6. The Kier molecular flexibility index (Phi) is 10.4. The Balaban J connectivity index is 0.00000420. The first kappa shape index (κ1) is 28.0. The summed E-state index contributed by atoms with van der Waals surface area (Å²) >= 11 is 0. The number of hydrogen-bond acceptors (Lipinski definition) is 7. The molecule has 0 radical (unpaired) electrons. The fourth-order valence-corrected chi connectivity index (χ4v) is 4.85. The second kappa shape index (κ2) is 14.2. The molecule has 4 rings (SSSR count). The number of likely N-dealkylation sites (tertiary alicyclic amines) is 1. The minimum Gasteiger partial charge on any atom is -0.497 e. The quantitative estimate of drug-likeness (QED) is 0.370. The van der Waals surface area contributed by atoms with Crippen LogP contribution in [0.15, 0.2) is 78.7 Å². The molecular formula is C30H41FN4O3. The first-order chi connectivity index (χ1) is 18.6. The van der Waals surface area contributed by atoms with Gasteiger partial charge in [-0.1, -0.05) is 24.8 Å². The minimum atomic E-state index is -0.342. The van der Waals surface area contributed by atoms with E-state index in [9.17, 15) is 4.39 Å². The highest BCUT2D eigenvalue weighted by Crippen LogP contribution is 2.39. The van der Waals surface area contributed by atoms with Gasteiger partial charge in [0.2, 0.25) is 5.95 Å². The van der Waals surface area contributed by atoms with Crippen molar-refractivity contribution in [3.8, 4) is 0 Å². The molecule has 0 amide bonds. The van der Waals surface area contributed by atoms with E-state index in [0.29, 0.717) is 62.0 Å². The lowest BCUT2D eigenvalue weighted by atomic mass is 9.81. The highest BCUT2D eigenvalue weighted by molar-refractivity contribution is 5.73. The van der Waals surface area contributed by atoms with Crippen molar-refractivity contribution in [1.29, 1.82) is 0 Å². The molecular weight excluding hydrogens is 483 g/mol. The molecule has 1 fully saturated rings. The van der Waals surface area contributed by atoms with Crippen molar-refractivity contribution < 1.29 is 20.0 Å². The SMILES string of the molecule is C=C/C1=C\C(=C\F)COC/C=C\COCC2(C)CC(=CC=C2OCCCN2CCCC2)Nc2nccc1n2.[HH]. The molecule has 206 valence electrons. The van der Waals surface area contributed by atoms with E-state index in [1.807, 2.05) is 24.3 Å². The van der Waals surface area contributed by atoms with E-state index in [1.165, 1.54) is 25.9 Å². The number of fused-ring (bicyclic) bond motifs is 4. The van der Waals surface area contributed by atoms with Gasteiger partial charge in [-0.15, -0.1) is 0 Å². The third-order valence-corrected chi connectivity index (χ3v) is 6.90. The number of ether oxygens (including phenoxy) is 3. The molecule has 1 N–H and O–H groups in total. The van der Waals surface area contributed by atoms with E-state index in [-0.39, 0.29) is 13.4 Å². The molecule has 2 aliphatic heterocycles. The summed E-state index contributed by atoms with van der Waals surface area (Å²) in [6.07, 6.45) is 17.7. The van der Waals surface area contributed by atoms with Crippen molar-refractivity contribution >= 4 is 11.5 Å². The fraction of sp³-hybridized carbons (Fsp3) is 0.467. The van der Waals surface area contributed by atoms with Crippen molar-refractivity contribution in [2.24, 2.45) is 5.41 Å². The summed E-state index contributed by atoms with van der Waals surface area (Å²) in [5.74, 6) is 1.39. The Morgan fingerprint density at radius 1 is 1.24 bits per heavy atom. The highest BCUT2D eigenvalue weighted by atomic mass is 19.1. The van der Waals surface area contributed by atoms with Gasteiger partial charge in [-0.25, -0.2) is 14.4 Å². The molecule has 8 heteroatoms. The first-order valence-electron chi connectivity index (χ1n) is 13.4. The standard InChI is InChI=1S/C30H39FN4O3.H2/c1-3-25-19-24(21-31)22-36-16-6-7-17-37-23-30(2)20-26(33-29-32-12-11-27(25)34-29)9-10-28(30)38-18-8-15-35-13-4-5-14-35;/h3,6-7,9-12,19,21H,1,4-5,8,13-18,20,22-23H2,2H3,(H,32,33,34);1H/b7-6-,24-21-,25-19+;. The minimum absolute atomic E-state index is 0. The molecule has 3 heterocycles. The van der Waals surface area contributed by atoms with Crippen LogP contribution in [0.25, 0.3) is 5.57 Å².